The molecule has 0 aromatic heterocycles. The van der Waals surface area contributed by atoms with Crippen molar-refractivity contribution in [2.75, 3.05) is 0 Å². The van der Waals surface area contributed by atoms with E-state index in [9.17, 15) is 13.2 Å². The second-order valence-corrected chi connectivity index (χ2v) is 1.47. The van der Waals surface area contributed by atoms with Gasteiger partial charge in [-0.25, -0.2) is 13.2 Å². The molecule has 1 aliphatic carbocycles. The van der Waals surface area contributed by atoms with Crippen LogP contribution >= 0.6 is 0 Å². The molecule has 0 saturated heterocycles. The van der Waals surface area contributed by atoms with Gasteiger partial charge >= 0.3 is 0 Å². The summed E-state index contributed by atoms with van der Waals surface area (Å²) in [6.07, 6.45) is 0.256. The zero-order chi connectivity index (χ0) is 6.85. The minimum atomic E-state index is -1.45. The molecule has 0 saturated carbocycles. The first-order chi connectivity index (χ1) is 4.22. The molecule has 0 atom stereocenters. The van der Waals surface area contributed by atoms with Gasteiger partial charge in [-0.1, -0.05) is 0 Å². The van der Waals surface area contributed by atoms with Crippen LogP contribution < -0.4 is 17.0 Å². The minimum absolute atomic E-state index is 0. The Morgan fingerprint density at radius 2 is 1.64 bits per heavy atom. The van der Waals surface area contributed by atoms with Crippen LogP contribution in [0, 0.1) is 6.17 Å². The summed E-state index contributed by atoms with van der Waals surface area (Å²) in [4.78, 5) is 0. The average molecular weight is 276 g/mol. The van der Waals surface area contributed by atoms with E-state index in [1.54, 1.807) is 0 Å². The van der Waals surface area contributed by atoms with Crippen molar-refractivity contribution in [3.63, 3.8) is 0 Å². The van der Waals surface area contributed by atoms with Crippen molar-refractivity contribution in [1.29, 1.82) is 0 Å². The number of hydrogen-bond acceptors (Lipinski definition) is 0. The summed E-state index contributed by atoms with van der Waals surface area (Å²) >= 11 is 0. The number of rotatable bonds is 0. The van der Waals surface area contributed by atoms with E-state index in [1.807, 2.05) is 0 Å². The van der Waals surface area contributed by atoms with Crippen LogP contribution in [0.5, 0.6) is 0 Å². The van der Waals surface area contributed by atoms with E-state index in [-0.39, 0.29) is 36.5 Å². The van der Waals surface area contributed by atoms with E-state index >= 15 is 0 Å². The van der Waals surface area contributed by atoms with Gasteiger partial charge in [0.15, 0.2) is 11.7 Å². The van der Waals surface area contributed by atoms with Gasteiger partial charge in [0.2, 0.25) is 6.17 Å². The average Bonchev–Trinajstić information content (AvgIpc) is 1.83. The number of halogens is 4. The summed E-state index contributed by atoms with van der Waals surface area (Å²) in [6, 6.07) is 0. The Balaban J connectivity index is 0. The Labute approximate surface area is 85.4 Å². The molecule has 0 spiro atoms. The molecule has 5 heteroatoms. The summed E-state index contributed by atoms with van der Waals surface area (Å²) in [5.41, 5.74) is 2.08. The topological polar surface area (TPSA) is 0 Å². The third-order valence-corrected chi connectivity index (χ3v) is 0.839. The van der Waals surface area contributed by atoms with Crippen LogP contribution in [0.3, 0.4) is 0 Å². The monoisotopic (exact) mass is 274 g/mol. The van der Waals surface area contributed by atoms with Gasteiger partial charge in [0.1, 0.15) is 0 Å². The summed E-state index contributed by atoms with van der Waals surface area (Å²) in [5, 5.41) is 0. The van der Waals surface area contributed by atoms with Crippen molar-refractivity contribution in [3.05, 3.63) is 35.7 Å². The Bertz CT molecular complexity index is 218. The second-order valence-electron chi connectivity index (χ2n) is 1.47. The first-order valence-electron chi connectivity index (χ1n) is 2.22. The van der Waals surface area contributed by atoms with Gasteiger partial charge in [0.25, 0.3) is 0 Å². The molecule has 0 nitrogen and oxygen atoms in total. The Kier molecular flexibility index (Phi) is 7.19. The summed E-state index contributed by atoms with van der Waals surface area (Å²) < 4.78 is 35.8. The SMILES string of the molecule is F[C]1C=C=CC(F)=C1F.[Br-].[Zn]. The van der Waals surface area contributed by atoms with Gasteiger partial charge in [0.05, 0.1) is 0 Å². The summed E-state index contributed by atoms with van der Waals surface area (Å²) in [7, 11) is 0. The Hall–Kier alpha value is 0.153. The molecule has 0 N–H and O–H groups in total. The predicted octanol–water partition coefficient (Wildman–Crippen LogP) is -0.635. The van der Waals surface area contributed by atoms with Crippen LogP contribution in [0.25, 0.3) is 0 Å². The van der Waals surface area contributed by atoms with E-state index in [2.05, 4.69) is 5.73 Å². The first kappa shape index (κ1) is 13.7. The fourth-order valence-corrected chi connectivity index (χ4v) is 0.429. The number of hydrogen-bond donors (Lipinski definition) is 0. The maximum atomic E-state index is 12.0. The van der Waals surface area contributed by atoms with Crippen LogP contribution in [0.1, 0.15) is 0 Å². The van der Waals surface area contributed by atoms with Gasteiger partial charge in [-0.15, -0.1) is 5.73 Å². The molecule has 57 valence electrons. The summed E-state index contributed by atoms with van der Waals surface area (Å²) in [5.74, 6) is -2.66. The molecule has 1 aliphatic rings. The zero-order valence-electron chi connectivity index (χ0n) is 5.37. The molecule has 0 aromatic rings. The molecular formula is C6H2BrF3Zn-. The zero-order valence-corrected chi connectivity index (χ0v) is 9.93. The molecule has 0 heterocycles. The Morgan fingerprint density at radius 3 is 2.00 bits per heavy atom. The molecule has 11 heavy (non-hydrogen) atoms. The third-order valence-electron chi connectivity index (χ3n) is 0.839. The van der Waals surface area contributed by atoms with Crippen molar-refractivity contribution in [3.8, 4) is 0 Å². The summed E-state index contributed by atoms with van der Waals surface area (Å²) in [6.45, 7) is 0. The van der Waals surface area contributed by atoms with Crippen LogP contribution in [-0.4, -0.2) is 0 Å². The first-order valence-corrected chi connectivity index (χ1v) is 2.22. The molecule has 0 fully saturated rings. The van der Waals surface area contributed by atoms with Crippen molar-refractivity contribution < 1.29 is 49.6 Å². The maximum absolute atomic E-state index is 12.0. The number of allylic oxidation sites excluding steroid dienone is 3. The maximum Gasteiger partial charge on any atom is 0.234 e. The molecule has 0 amide bonds. The van der Waals surface area contributed by atoms with E-state index < -0.39 is 17.8 Å². The Morgan fingerprint density at radius 1 is 1.09 bits per heavy atom. The van der Waals surface area contributed by atoms with E-state index in [0.717, 1.165) is 12.2 Å². The van der Waals surface area contributed by atoms with Gasteiger partial charge in [-0.05, 0) is 0 Å². The molecule has 0 aromatic carbocycles. The normalized spacial score (nSPS) is 15.9. The molecular weight excluding hydrogens is 274 g/mol. The largest absolute Gasteiger partial charge is 1.00 e. The standard InChI is InChI=1S/C6H2F3.BrH.Zn/c7-4-2-1-3-5(8)6(4)9;;/h2-3H;1H;/p-1. The smallest absolute Gasteiger partial charge is 0.234 e. The van der Waals surface area contributed by atoms with Crippen molar-refractivity contribution in [2.45, 2.75) is 0 Å². The van der Waals surface area contributed by atoms with Crippen molar-refractivity contribution in [1.82, 2.24) is 0 Å². The third kappa shape index (κ3) is 3.37. The van der Waals surface area contributed by atoms with E-state index in [1.165, 1.54) is 0 Å². The molecule has 0 aliphatic heterocycles. The van der Waals surface area contributed by atoms with Gasteiger partial charge in [-0.3, -0.25) is 0 Å². The molecule has 1 radical (unpaired) electrons. The van der Waals surface area contributed by atoms with Crippen LogP contribution in [0.15, 0.2) is 29.5 Å². The van der Waals surface area contributed by atoms with E-state index in [4.69, 9.17) is 0 Å². The minimum Gasteiger partial charge on any atom is -1.00 e. The second kappa shape index (κ2) is 5.76. The van der Waals surface area contributed by atoms with Crippen molar-refractivity contribution in [2.24, 2.45) is 0 Å². The fourth-order valence-electron chi connectivity index (χ4n) is 0.429. The van der Waals surface area contributed by atoms with Gasteiger partial charge in [-0.2, -0.15) is 0 Å². The van der Waals surface area contributed by atoms with Crippen molar-refractivity contribution >= 4 is 0 Å². The molecule has 0 bridgehead atoms. The van der Waals surface area contributed by atoms with Crippen LogP contribution in [0.2, 0.25) is 0 Å². The quantitative estimate of drug-likeness (QED) is 0.408. The molecule has 1 rings (SSSR count). The predicted molar refractivity (Wildman–Crippen MR) is 26.2 cm³/mol. The van der Waals surface area contributed by atoms with Crippen LogP contribution in [-0.2, 0) is 19.5 Å². The fraction of sp³-hybridized carbons (Fsp3) is 0. The van der Waals surface area contributed by atoms with Gasteiger partial charge in [0, 0.05) is 31.6 Å². The molecule has 0 unspecified atom stereocenters. The van der Waals surface area contributed by atoms with Gasteiger partial charge < -0.3 is 17.0 Å². The van der Waals surface area contributed by atoms with E-state index in [0.29, 0.717) is 0 Å². The van der Waals surface area contributed by atoms with Crippen LogP contribution in [0.4, 0.5) is 13.2 Å².